The summed E-state index contributed by atoms with van der Waals surface area (Å²) in [4.78, 5) is 13.8. The van der Waals surface area contributed by atoms with Gasteiger partial charge in [-0.15, -0.1) is 0 Å². The van der Waals surface area contributed by atoms with Crippen molar-refractivity contribution in [3.63, 3.8) is 0 Å². The van der Waals surface area contributed by atoms with Gasteiger partial charge in [0.2, 0.25) is 0 Å². The highest BCUT2D eigenvalue weighted by atomic mass is 16.1. The lowest BCUT2D eigenvalue weighted by molar-refractivity contribution is 0.101. The van der Waals surface area contributed by atoms with Gasteiger partial charge >= 0.3 is 0 Å². The second kappa shape index (κ2) is 4.30. The lowest BCUT2D eigenvalue weighted by atomic mass is 10.0. The monoisotopic (exact) mass is 244 g/mol. The van der Waals surface area contributed by atoms with Crippen LogP contribution in [0.25, 0.3) is 0 Å². The van der Waals surface area contributed by atoms with Gasteiger partial charge < -0.3 is 10.6 Å². The molecule has 3 rings (SSSR count). The maximum absolute atomic E-state index is 11.4. The van der Waals surface area contributed by atoms with E-state index in [9.17, 15) is 4.79 Å². The number of carbonyl (C=O) groups is 1. The summed E-state index contributed by atoms with van der Waals surface area (Å²) in [5, 5.41) is 0. The molecule has 2 unspecified atom stereocenters. The summed E-state index contributed by atoms with van der Waals surface area (Å²) in [6.45, 7) is 3.87. The van der Waals surface area contributed by atoms with Gasteiger partial charge in [0, 0.05) is 30.0 Å². The molecule has 1 saturated carbocycles. The third-order valence-electron chi connectivity index (χ3n) is 4.51. The molecule has 2 N–H and O–H groups in total. The van der Waals surface area contributed by atoms with Crippen LogP contribution >= 0.6 is 0 Å². The molecule has 1 aromatic carbocycles. The first-order valence-corrected chi connectivity index (χ1v) is 6.80. The molecule has 1 saturated heterocycles. The lowest BCUT2D eigenvalue weighted by Gasteiger charge is -2.20. The molecular weight excluding hydrogens is 224 g/mol. The van der Waals surface area contributed by atoms with Crippen molar-refractivity contribution < 1.29 is 4.79 Å². The Balaban J connectivity index is 1.81. The van der Waals surface area contributed by atoms with Gasteiger partial charge in [0.15, 0.2) is 5.78 Å². The van der Waals surface area contributed by atoms with E-state index >= 15 is 0 Å². The molecule has 1 aliphatic carbocycles. The molecule has 0 bridgehead atoms. The number of rotatable bonds is 2. The van der Waals surface area contributed by atoms with E-state index in [1.54, 1.807) is 6.92 Å². The van der Waals surface area contributed by atoms with E-state index in [1.807, 2.05) is 18.2 Å². The van der Waals surface area contributed by atoms with E-state index in [2.05, 4.69) is 4.90 Å². The van der Waals surface area contributed by atoms with Crippen LogP contribution in [-0.2, 0) is 0 Å². The Morgan fingerprint density at radius 2 is 1.94 bits per heavy atom. The van der Waals surface area contributed by atoms with Crippen molar-refractivity contribution in [2.45, 2.75) is 26.2 Å². The van der Waals surface area contributed by atoms with Gasteiger partial charge in [-0.05, 0) is 49.8 Å². The fourth-order valence-electron chi connectivity index (χ4n) is 3.51. The quantitative estimate of drug-likeness (QED) is 0.642. The van der Waals surface area contributed by atoms with Crippen LogP contribution in [0.4, 0.5) is 11.4 Å². The minimum Gasteiger partial charge on any atom is -0.398 e. The number of hydrogen-bond acceptors (Lipinski definition) is 3. The van der Waals surface area contributed by atoms with E-state index in [-0.39, 0.29) is 5.78 Å². The molecule has 0 amide bonds. The Bertz CT molecular complexity index is 471. The number of fused-ring (bicyclic) bond motifs is 1. The molecule has 96 valence electrons. The highest BCUT2D eigenvalue weighted by Crippen LogP contribution is 2.39. The third-order valence-corrected chi connectivity index (χ3v) is 4.51. The van der Waals surface area contributed by atoms with Gasteiger partial charge in [-0.1, -0.05) is 6.42 Å². The molecule has 3 nitrogen and oxygen atoms in total. The first-order chi connectivity index (χ1) is 8.65. The highest BCUT2D eigenvalue weighted by molar-refractivity contribution is 5.99. The van der Waals surface area contributed by atoms with Crippen LogP contribution in [0.15, 0.2) is 18.2 Å². The van der Waals surface area contributed by atoms with Gasteiger partial charge in [-0.3, -0.25) is 4.79 Å². The van der Waals surface area contributed by atoms with Crippen LogP contribution in [0.2, 0.25) is 0 Å². The van der Waals surface area contributed by atoms with E-state index < -0.39 is 0 Å². The molecule has 18 heavy (non-hydrogen) atoms. The smallest absolute Gasteiger partial charge is 0.161 e. The number of anilines is 2. The average Bonchev–Trinajstić information content (AvgIpc) is 2.87. The van der Waals surface area contributed by atoms with E-state index in [1.165, 1.54) is 24.9 Å². The Kier molecular flexibility index (Phi) is 2.77. The molecule has 0 aromatic heterocycles. The van der Waals surface area contributed by atoms with Crippen molar-refractivity contribution in [3.05, 3.63) is 23.8 Å². The van der Waals surface area contributed by atoms with E-state index in [4.69, 9.17) is 5.73 Å². The minimum absolute atomic E-state index is 0.0392. The first kappa shape index (κ1) is 11.6. The molecule has 0 spiro atoms. The third kappa shape index (κ3) is 1.88. The summed E-state index contributed by atoms with van der Waals surface area (Å²) in [6.07, 6.45) is 4.15. The second-order valence-electron chi connectivity index (χ2n) is 5.68. The van der Waals surface area contributed by atoms with Crippen LogP contribution in [0.3, 0.4) is 0 Å². The number of nitrogens with two attached hydrogens (primary N) is 1. The van der Waals surface area contributed by atoms with Gasteiger partial charge in [0.25, 0.3) is 0 Å². The second-order valence-corrected chi connectivity index (χ2v) is 5.68. The number of Topliss-reactive ketones (excluding diaryl/α,β-unsaturated/α-hetero) is 1. The Labute approximate surface area is 108 Å². The predicted octanol–water partition coefficient (Wildman–Crippen LogP) is 2.71. The standard InChI is InChI=1S/C15H20N2O/c1-10(18)14-6-5-13(7-15(14)16)17-8-11-3-2-4-12(11)9-17/h5-7,11-12H,2-4,8-9,16H2,1H3. The zero-order chi connectivity index (χ0) is 12.7. The predicted molar refractivity (Wildman–Crippen MR) is 73.9 cm³/mol. The molecular formula is C15H20N2O. The molecule has 3 heteroatoms. The van der Waals surface area contributed by atoms with Gasteiger partial charge in [0.1, 0.15) is 0 Å². The summed E-state index contributed by atoms with van der Waals surface area (Å²) < 4.78 is 0. The SMILES string of the molecule is CC(=O)c1ccc(N2CC3CCCC3C2)cc1N. The van der Waals surface area contributed by atoms with Gasteiger partial charge in [0.05, 0.1) is 0 Å². The van der Waals surface area contributed by atoms with Crippen molar-refractivity contribution in [2.24, 2.45) is 11.8 Å². The number of carbonyl (C=O) groups excluding carboxylic acids is 1. The fourth-order valence-corrected chi connectivity index (χ4v) is 3.51. The van der Waals surface area contributed by atoms with Crippen LogP contribution in [0.5, 0.6) is 0 Å². The topological polar surface area (TPSA) is 46.3 Å². The van der Waals surface area contributed by atoms with Crippen molar-refractivity contribution >= 4 is 17.2 Å². The number of nitrogen functional groups attached to an aromatic ring is 1. The summed E-state index contributed by atoms with van der Waals surface area (Å²) in [5.74, 6) is 1.79. The van der Waals surface area contributed by atoms with Crippen molar-refractivity contribution in [1.82, 2.24) is 0 Å². The van der Waals surface area contributed by atoms with Crippen molar-refractivity contribution in [1.29, 1.82) is 0 Å². The normalized spacial score (nSPS) is 26.4. The van der Waals surface area contributed by atoms with Crippen LogP contribution < -0.4 is 10.6 Å². The highest BCUT2D eigenvalue weighted by Gasteiger charge is 2.36. The lowest BCUT2D eigenvalue weighted by Crippen LogP contribution is -2.21. The number of ketones is 1. The largest absolute Gasteiger partial charge is 0.398 e. The summed E-state index contributed by atoms with van der Waals surface area (Å²) >= 11 is 0. The molecule has 1 heterocycles. The molecule has 2 aliphatic rings. The zero-order valence-electron chi connectivity index (χ0n) is 10.9. The Morgan fingerprint density at radius 1 is 1.28 bits per heavy atom. The van der Waals surface area contributed by atoms with Crippen LogP contribution in [0.1, 0.15) is 36.5 Å². The Hall–Kier alpha value is -1.51. The van der Waals surface area contributed by atoms with Crippen LogP contribution in [-0.4, -0.2) is 18.9 Å². The summed E-state index contributed by atoms with van der Waals surface area (Å²) in [6, 6.07) is 5.85. The van der Waals surface area contributed by atoms with Crippen molar-refractivity contribution in [3.8, 4) is 0 Å². The summed E-state index contributed by atoms with van der Waals surface area (Å²) in [5.41, 5.74) is 8.38. The van der Waals surface area contributed by atoms with E-state index in [0.29, 0.717) is 11.3 Å². The van der Waals surface area contributed by atoms with Gasteiger partial charge in [-0.25, -0.2) is 0 Å². The van der Waals surface area contributed by atoms with Crippen LogP contribution in [0, 0.1) is 11.8 Å². The Morgan fingerprint density at radius 3 is 2.50 bits per heavy atom. The number of benzene rings is 1. The maximum Gasteiger partial charge on any atom is 0.161 e. The number of nitrogens with zero attached hydrogens (tertiary/aromatic N) is 1. The minimum atomic E-state index is 0.0392. The molecule has 1 aliphatic heterocycles. The molecule has 0 radical (unpaired) electrons. The fraction of sp³-hybridized carbons (Fsp3) is 0.533. The maximum atomic E-state index is 11.4. The van der Waals surface area contributed by atoms with E-state index in [0.717, 1.165) is 24.9 Å². The molecule has 2 atom stereocenters. The van der Waals surface area contributed by atoms with Crippen molar-refractivity contribution in [2.75, 3.05) is 23.7 Å². The molecule has 2 fully saturated rings. The summed E-state index contributed by atoms with van der Waals surface area (Å²) in [7, 11) is 0. The first-order valence-electron chi connectivity index (χ1n) is 6.80. The molecule has 1 aromatic rings. The average molecular weight is 244 g/mol. The number of hydrogen-bond donors (Lipinski definition) is 1. The zero-order valence-corrected chi connectivity index (χ0v) is 10.9. The van der Waals surface area contributed by atoms with Gasteiger partial charge in [-0.2, -0.15) is 0 Å².